The number of ether oxygens (including phenoxy) is 1. The Bertz CT molecular complexity index is 1260. The number of likely N-dealkylation sites (N-methyl/N-ethyl adjacent to an activating group) is 1. The largest absolute Gasteiger partial charge is 0.385 e. The van der Waals surface area contributed by atoms with Crippen molar-refractivity contribution in [1.82, 2.24) is 14.5 Å². The Hall–Kier alpha value is -3.92. The first kappa shape index (κ1) is 25.7. The summed E-state index contributed by atoms with van der Waals surface area (Å²) in [7, 11) is 3.12. The van der Waals surface area contributed by atoms with Crippen LogP contribution in [0.3, 0.4) is 0 Å². The molecule has 0 aliphatic heterocycles. The Balaban J connectivity index is 1.90. The molecule has 2 aromatic carbocycles. The van der Waals surface area contributed by atoms with E-state index in [-0.39, 0.29) is 43.6 Å². The quantitative estimate of drug-likeness (QED) is 0.402. The number of nitrogens with two attached hydrogens (primary N) is 1. The van der Waals surface area contributed by atoms with Crippen LogP contribution in [0.25, 0.3) is 0 Å². The van der Waals surface area contributed by atoms with E-state index in [1.165, 1.54) is 20.4 Å². The van der Waals surface area contributed by atoms with E-state index < -0.39 is 17.1 Å². The van der Waals surface area contributed by atoms with E-state index in [0.717, 1.165) is 5.56 Å². The fourth-order valence-corrected chi connectivity index (χ4v) is 3.73. The number of rotatable bonds is 11. The zero-order valence-electron chi connectivity index (χ0n) is 19.9. The molecular weight excluding hydrogens is 453 g/mol. The van der Waals surface area contributed by atoms with Gasteiger partial charge in [-0.25, -0.2) is 9.18 Å². The molecule has 1 aromatic heterocycles. The predicted octanol–water partition coefficient (Wildman–Crippen LogP) is 1.81. The van der Waals surface area contributed by atoms with Gasteiger partial charge in [0.15, 0.2) is 0 Å². The van der Waals surface area contributed by atoms with Gasteiger partial charge in [-0.3, -0.25) is 19.1 Å². The number of halogens is 1. The van der Waals surface area contributed by atoms with E-state index in [4.69, 9.17) is 10.5 Å². The number of hydrogen-bond donors (Lipinski definition) is 2. The molecule has 0 atom stereocenters. The van der Waals surface area contributed by atoms with Crippen LogP contribution in [-0.4, -0.2) is 54.2 Å². The van der Waals surface area contributed by atoms with Crippen LogP contribution in [0.4, 0.5) is 15.9 Å². The van der Waals surface area contributed by atoms with E-state index in [1.807, 2.05) is 30.3 Å². The Morgan fingerprint density at radius 3 is 2.49 bits per heavy atom. The smallest absolute Gasteiger partial charge is 0.330 e. The Morgan fingerprint density at radius 1 is 1.11 bits per heavy atom. The van der Waals surface area contributed by atoms with Crippen LogP contribution in [0.5, 0.6) is 0 Å². The lowest BCUT2D eigenvalue weighted by molar-refractivity contribution is -0.129. The number of aromatic amines is 1. The van der Waals surface area contributed by atoms with Crippen LogP contribution in [0, 0.1) is 5.82 Å². The summed E-state index contributed by atoms with van der Waals surface area (Å²) < 4.78 is 20.4. The number of nitrogens with zero attached hydrogens (tertiary/aromatic N) is 3. The third-order valence-corrected chi connectivity index (χ3v) is 5.61. The summed E-state index contributed by atoms with van der Waals surface area (Å²) in [5.41, 5.74) is 6.24. The molecule has 1 amide bonds. The van der Waals surface area contributed by atoms with E-state index in [2.05, 4.69) is 4.98 Å². The van der Waals surface area contributed by atoms with E-state index in [9.17, 15) is 18.8 Å². The second-order valence-corrected chi connectivity index (χ2v) is 8.17. The number of benzene rings is 2. The number of nitrogens with one attached hydrogen (secondary N) is 1. The van der Waals surface area contributed by atoms with Gasteiger partial charge in [0, 0.05) is 39.4 Å². The van der Waals surface area contributed by atoms with Gasteiger partial charge < -0.3 is 20.3 Å². The average molecular weight is 484 g/mol. The second kappa shape index (κ2) is 12.0. The molecule has 0 unspecified atom stereocenters. The highest BCUT2D eigenvalue weighted by atomic mass is 19.1. The molecule has 10 heteroatoms. The molecule has 0 bridgehead atoms. The summed E-state index contributed by atoms with van der Waals surface area (Å²) in [6.07, 6.45) is 0.511. The summed E-state index contributed by atoms with van der Waals surface area (Å²) in [6, 6.07) is 15.4. The van der Waals surface area contributed by atoms with Gasteiger partial charge in [0.1, 0.15) is 17.3 Å². The van der Waals surface area contributed by atoms with Crippen molar-refractivity contribution in [2.75, 3.05) is 44.5 Å². The molecule has 35 heavy (non-hydrogen) atoms. The average Bonchev–Trinajstić information content (AvgIpc) is 2.83. The fraction of sp³-hybridized carbons (Fsp3) is 0.320. The van der Waals surface area contributed by atoms with Crippen LogP contribution in [-0.2, 0) is 22.6 Å². The first-order valence-corrected chi connectivity index (χ1v) is 11.2. The molecule has 0 saturated heterocycles. The Morgan fingerprint density at radius 2 is 1.80 bits per heavy atom. The van der Waals surface area contributed by atoms with Crippen LogP contribution in [0.1, 0.15) is 17.5 Å². The van der Waals surface area contributed by atoms with Gasteiger partial charge in [-0.15, -0.1) is 0 Å². The van der Waals surface area contributed by atoms with Crippen LogP contribution in [0.2, 0.25) is 0 Å². The molecule has 0 fully saturated rings. The zero-order chi connectivity index (χ0) is 25.4. The minimum absolute atomic E-state index is 0.0317. The van der Waals surface area contributed by atoms with Crippen molar-refractivity contribution >= 4 is 17.4 Å². The summed E-state index contributed by atoms with van der Waals surface area (Å²) >= 11 is 0. The predicted molar refractivity (Wildman–Crippen MR) is 133 cm³/mol. The van der Waals surface area contributed by atoms with Crippen molar-refractivity contribution in [1.29, 1.82) is 0 Å². The maximum Gasteiger partial charge on any atom is 0.330 e. The maximum atomic E-state index is 14.1. The molecule has 3 N–H and O–H groups in total. The van der Waals surface area contributed by atoms with Crippen LogP contribution < -0.4 is 21.9 Å². The number of methoxy groups -OCH3 is 1. The highest BCUT2D eigenvalue weighted by molar-refractivity contribution is 5.82. The molecule has 0 spiro atoms. The summed E-state index contributed by atoms with van der Waals surface area (Å²) in [4.78, 5) is 43.7. The number of aromatic nitrogens is 2. The molecule has 0 saturated carbocycles. The third kappa shape index (κ3) is 6.57. The standard InChI is InChI=1S/C25H30FN5O4/c1-29(16-19-11-6-7-12-20(19)26)21(32)17-30(13-8-14-35-2)22-23(27)31(25(34)28-24(22)33)15-18-9-4-3-5-10-18/h3-7,9-12H,8,13-17,27H2,1-2H3,(H,28,33,34). The van der Waals surface area contributed by atoms with Crippen molar-refractivity contribution in [3.05, 3.63) is 92.4 Å². The van der Waals surface area contributed by atoms with Crippen molar-refractivity contribution in [3.8, 4) is 0 Å². The lowest BCUT2D eigenvalue weighted by Crippen LogP contribution is -2.44. The number of H-pyrrole nitrogens is 1. The van der Waals surface area contributed by atoms with Gasteiger partial charge in [0.05, 0.1) is 13.1 Å². The van der Waals surface area contributed by atoms with Gasteiger partial charge in [-0.05, 0) is 18.1 Å². The van der Waals surface area contributed by atoms with Gasteiger partial charge in [0.2, 0.25) is 5.91 Å². The number of amides is 1. The van der Waals surface area contributed by atoms with E-state index in [1.54, 1.807) is 32.4 Å². The second-order valence-electron chi connectivity index (χ2n) is 8.17. The molecule has 186 valence electrons. The van der Waals surface area contributed by atoms with Crippen molar-refractivity contribution in [2.45, 2.75) is 19.5 Å². The van der Waals surface area contributed by atoms with Gasteiger partial charge in [-0.2, -0.15) is 0 Å². The monoisotopic (exact) mass is 483 g/mol. The number of carbonyl (C=O) groups excluding carboxylic acids is 1. The van der Waals surface area contributed by atoms with E-state index >= 15 is 0 Å². The molecule has 9 nitrogen and oxygen atoms in total. The molecule has 0 aliphatic carbocycles. The molecule has 0 radical (unpaired) electrons. The zero-order valence-corrected chi connectivity index (χ0v) is 19.9. The van der Waals surface area contributed by atoms with E-state index in [0.29, 0.717) is 18.6 Å². The lowest BCUT2D eigenvalue weighted by atomic mass is 10.2. The van der Waals surface area contributed by atoms with Crippen molar-refractivity contribution < 1.29 is 13.9 Å². The normalized spacial score (nSPS) is 10.8. The van der Waals surface area contributed by atoms with Gasteiger partial charge >= 0.3 is 5.69 Å². The van der Waals surface area contributed by atoms with Gasteiger partial charge in [-0.1, -0.05) is 48.5 Å². The maximum absolute atomic E-state index is 14.1. The summed E-state index contributed by atoms with van der Waals surface area (Å²) in [6.45, 7) is 0.714. The molecular formula is C25H30FN5O4. The number of hydrogen-bond acceptors (Lipinski definition) is 6. The minimum Gasteiger partial charge on any atom is -0.385 e. The minimum atomic E-state index is -0.682. The topological polar surface area (TPSA) is 114 Å². The van der Waals surface area contributed by atoms with Crippen molar-refractivity contribution in [3.63, 3.8) is 0 Å². The van der Waals surface area contributed by atoms with Gasteiger partial charge in [0.25, 0.3) is 5.56 Å². The Labute approximate surface area is 202 Å². The highest BCUT2D eigenvalue weighted by Crippen LogP contribution is 2.19. The lowest BCUT2D eigenvalue weighted by Gasteiger charge is -2.28. The third-order valence-electron chi connectivity index (χ3n) is 5.61. The summed E-state index contributed by atoms with van der Waals surface area (Å²) in [5.74, 6) is -0.785. The molecule has 0 aliphatic rings. The fourth-order valence-electron chi connectivity index (χ4n) is 3.73. The molecule has 1 heterocycles. The van der Waals surface area contributed by atoms with Crippen LogP contribution >= 0.6 is 0 Å². The first-order valence-electron chi connectivity index (χ1n) is 11.2. The summed E-state index contributed by atoms with van der Waals surface area (Å²) in [5, 5.41) is 0. The van der Waals surface area contributed by atoms with Crippen molar-refractivity contribution in [2.24, 2.45) is 0 Å². The highest BCUT2D eigenvalue weighted by Gasteiger charge is 2.23. The Kier molecular flexibility index (Phi) is 8.80. The van der Waals surface area contributed by atoms with Crippen LogP contribution in [0.15, 0.2) is 64.2 Å². The SMILES string of the molecule is COCCCN(CC(=O)N(C)Cc1ccccc1F)c1c(N)n(Cc2ccccc2)c(=O)[nH]c1=O. The molecule has 3 rings (SSSR count). The number of carbonyl (C=O) groups is 1. The number of nitrogen functional groups attached to an aromatic ring is 1. The number of anilines is 2. The first-order chi connectivity index (χ1) is 16.8. The molecule has 3 aromatic rings.